The van der Waals surface area contributed by atoms with Crippen molar-refractivity contribution in [3.05, 3.63) is 66.7 Å². The summed E-state index contributed by atoms with van der Waals surface area (Å²) in [4.78, 5) is 11.7. The van der Waals surface area contributed by atoms with E-state index in [0.29, 0.717) is 5.57 Å². The molecule has 2 nitrogen and oxygen atoms in total. The molecule has 2 aromatic rings. The standard InChI is InChI=1S/C16H14NO/c1-12(2)16(18)17-15-11-7-6-10-14(15)13-8-4-3-5-9-13/h3-9,11H,1H2,2H3,(H,17,18). The maximum Gasteiger partial charge on any atom is 0.250 e. The first-order valence-electron chi connectivity index (χ1n) is 5.71. The van der Waals surface area contributed by atoms with E-state index < -0.39 is 0 Å². The van der Waals surface area contributed by atoms with Crippen LogP contribution in [0.25, 0.3) is 11.1 Å². The van der Waals surface area contributed by atoms with Gasteiger partial charge in [-0.25, -0.2) is 0 Å². The molecule has 0 saturated heterocycles. The first-order chi connectivity index (χ1) is 8.68. The second-order valence-corrected chi connectivity index (χ2v) is 4.06. The molecule has 0 fully saturated rings. The van der Waals surface area contributed by atoms with Gasteiger partial charge in [-0.15, -0.1) is 0 Å². The van der Waals surface area contributed by atoms with Crippen molar-refractivity contribution in [3.63, 3.8) is 0 Å². The molecule has 0 bridgehead atoms. The summed E-state index contributed by atoms with van der Waals surface area (Å²) in [5, 5.41) is 2.84. The van der Waals surface area contributed by atoms with Gasteiger partial charge in [0.1, 0.15) is 0 Å². The highest BCUT2D eigenvalue weighted by atomic mass is 16.1. The second kappa shape index (κ2) is 5.32. The fraction of sp³-hybridized carbons (Fsp3) is 0.0625. The van der Waals surface area contributed by atoms with Crippen LogP contribution in [0.15, 0.2) is 60.7 Å². The molecule has 1 amide bonds. The van der Waals surface area contributed by atoms with Crippen LogP contribution in [-0.2, 0) is 4.79 Å². The number of anilines is 1. The SMILES string of the molecule is C=C(C)C(=O)Nc1ccc[c]c1-c1ccccc1. The van der Waals surface area contributed by atoms with E-state index in [2.05, 4.69) is 18.0 Å². The van der Waals surface area contributed by atoms with E-state index in [1.165, 1.54) is 0 Å². The van der Waals surface area contributed by atoms with E-state index in [0.717, 1.165) is 16.8 Å². The average Bonchev–Trinajstić information content (AvgIpc) is 2.40. The van der Waals surface area contributed by atoms with Crippen LogP contribution >= 0.6 is 0 Å². The molecule has 2 rings (SSSR count). The quantitative estimate of drug-likeness (QED) is 0.809. The Kier molecular flexibility index (Phi) is 3.58. The minimum absolute atomic E-state index is 0.174. The van der Waals surface area contributed by atoms with Crippen molar-refractivity contribution in [1.82, 2.24) is 0 Å². The third kappa shape index (κ3) is 2.66. The number of benzene rings is 2. The summed E-state index contributed by atoms with van der Waals surface area (Å²) in [5.74, 6) is -0.174. The Morgan fingerprint density at radius 3 is 2.56 bits per heavy atom. The Bertz CT molecular complexity index is 573. The highest BCUT2D eigenvalue weighted by Crippen LogP contribution is 2.27. The molecule has 89 valence electrons. The predicted octanol–water partition coefficient (Wildman–Crippen LogP) is 3.67. The molecule has 0 saturated carbocycles. The van der Waals surface area contributed by atoms with E-state index >= 15 is 0 Å². The highest BCUT2D eigenvalue weighted by molar-refractivity contribution is 6.04. The van der Waals surface area contributed by atoms with Gasteiger partial charge in [0, 0.05) is 16.8 Å². The largest absolute Gasteiger partial charge is 0.322 e. The zero-order chi connectivity index (χ0) is 13.0. The van der Waals surface area contributed by atoms with Gasteiger partial charge in [0.05, 0.1) is 0 Å². The Morgan fingerprint density at radius 1 is 1.17 bits per heavy atom. The zero-order valence-corrected chi connectivity index (χ0v) is 10.2. The summed E-state index contributed by atoms with van der Waals surface area (Å²) in [6.07, 6.45) is 0. The minimum atomic E-state index is -0.174. The fourth-order valence-electron chi connectivity index (χ4n) is 1.61. The molecule has 0 aliphatic rings. The molecule has 0 atom stereocenters. The van der Waals surface area contributed by atoms with Crippen molar-refractivity contribution in [2.75, 3.05) is 5.32 Å². The van der Waals surface area contributed by atoms with Crippen LogP contribution < -0.4 is 5.32 Å². The van der Waals surface area contributed by atoms with Crippen molar-refractivity contribution < 1.29 is 4.79 Å². The van der Waals surface area contributed by atoms with Crippen molar-refractivity contribution in [3.8, 4) is 11.1 Å². The maximum atomic E-state index is 11.7. The summed E-state index contributed by atoms with van der Waals surface area (Å²) < 4.78 is 0. The first-order valence-corrected chi connectivity index (χ1v) is 5.71. The monoisotopic (exact) mass is 236 g/mol. The van der Waals surface area contributed by atoms with Crippen LogP contribution in [0.1, 0.15) is 6.92 Å². The van der Waals surface area contributed by atoms with Crippen LogP contribution in [-0.4, -0.2) is 5.91 Å². The Balaban J connectivity index is 2.38. The lowest BCUT2D eigenvalue weighted by Gasteiger charge is -2.10. The number of carbonyl (C=O) groups is 1. The fourth-order valence-corrected chi connectivity index (χ4v) is 1.61. The molecule has 2 aromatic carbocycles. The van der Waals surface area contributed by atoms with Crippen molar-refractivity contribution in [1.29, 1.82) is 0 Å². The zero-order valence-electron chi connectivity index (χ0n) is 10.2. The maximum absolute atomic E-state index is 11.7. The van der Waals surface area contributed by atoms with Gasteiger partial charge in [-0.2, -0.15) is 0 Å². The topological polar surface area (TPSA) is 29.1 Å². The number of hydrogen-bond donors (Lipinski definition) is 1. The Labute approximate surface area is 107 Å². The van der Waals surface area contributed by atoms with Gasteiger partial charge in [-0.05, 0) is 24.6 Å². The summed E-state index contributed by atoms with van der Waals surface area (Å²) in [6.45, 7) is 5.32. The Morgan fingerprint density at radius 2 is 1.89 bits per heavy atom. The van der Waals surface area contributed by atoms with Gasteiger partial charge < -0.3 is 5.32 Å². The van der Waals surface area contributed by atoms with E-state index in [4.69, 9.17) is 0 Å². The average molecular weight is 236 g/mol. The molecule has 1 N–H and O–H groups in total. The molecule has 1 radical (unpaired) electrons. The van der Waals surface area contributed by atoms with Crippen LogP contribution in [0.3, 0.4) is 0 Å². The summed E-state index contributed by atoms with van der Waals surface area (Å²) >= 11 is 0. The lowest BCUT2D eigenvalue weighted by Crippen LogP contribution is -2.12. The molecule has 18 heavy (non-hydrogen) atoms. The molecule has 0 spiro atoms. The molecular formula is C16H14NO. The van der Waals surface area contributed by atoms with Gasteiger partial charge >= 0.3 is 0 Å². The predicted molar refractivity (Wildman–Crippen MR) is 74.2 cm³/mol. The number of rotatable bonds is 3. The van der Waals surface area contributed by atoms with E-state index in [1.54, 1.807) is 6.92 Å². The lowest BCUT2D eigenvalue weighted by molar-refractivity contribution is -0.112. The normalized spacial score (nSPS) is 9.83. The lowest BCUT2D eigenvalue weighted by atomic mass is 10.0. The van der Waals surface area contributed by atoms with E-state index in [1.807, 2.05) is 48.5 Å². The summed E-state index contributed by atoms with van der Waals surface area (Å²) in [5.41, 5.74) is 3.14. The molecule has 0 aliphatic heterocycles. The second-order valence-electron chi connectivity index (χ2n) is 4.06. The molecule has 0 unspecified atom stereocenters. The number of carbonyl (C=O) groups excluding carboxylic acids is 1. The van der Waals surface area contributed by atoms with Gasteiger partial charge in [-0.3, -0.25) is 4.79 Å². The van der Waals surface area contributed by atoms with Gasteiger partial charge in [-0.1, -0.05) is 49.0 Å². The van der Waals surface area contributed by atoms with E-state index in [-0.39, 0.29) is 5.91 Å². The minimum Gasteiger partial charge on any atom is -0.322 e. The van der Waals surface area contributed by atoms with Crippen LogP contribution in [0, 0.1) is 6.07 Å². The smallest absolute Gasteiger partial charge is 0.250 e. The van der Waals surface area contributed by atoms with Gasteiger partial charge in [0.2, 0.25) is 0 Å². The molecule has 2 heteroatoms. The van der Waals surface area contributed by atoms with Gasteiger partial charge in [0.25, 0.3) is 5.91 Å². The first kappa shape index (κ1) is 12.1. The van der Waals surface area contributed by atoms with Crippen molar-refractivity contribution in [2.24, 2.45) is 0 Å². The Hall–Kier alpha value is -2.35. The number of hydrogen-bond acceptors (Lipinski definition) is 1. The van der Waals surface area contributed by atoms with E-state index in [9.17, 15) is 4.79 Å². The summed E-state index contributed by atoms with van der Waals surface area (Å²) in [7, 11) is 0. The van der Waals surface area contributed by atoms with Gasteiger partial charge in [0.15, 0.2) is 0 Å². The molecular weight excluding hydrogens is 222 g/mol. The van der Waals surface area contributed by atoms with Crippen LogP contribution in [0.5, 0.6) is 0 Å². The molecule has 0 heterocycles. The summed E-state index contributed by atoms with van der Waals surface area (Å²) in [6, 6.07) is 18.5. The van der Waals surface area contributed by atoms with Crippen molar-refractivity contribution in [2.45, 2.75) is 6.92 Å². The molecule has 0 aliphatic carbocycles. The molecule has 0 aromatic heterocycles. The number of amides is 1. The third-order valence-corrected chi connectivity index (χ3v) is 2.55. The number of nitrogens with one attached hydrogen (secondary N) is 1. The van der Waals surface area contributed by atoms with Crippen molar-refractivity contribution >= 4 is 11.6 Å². The van der Waals surface area contributed by atoms with Crippen LogP contribution in [0.2, 0.25) is 0 Å². The highest BCUT2D eigenvalue weighted by Gasteiger charge is 2.08. The van der Waals surface area contributed by atoms with Crippen LogP contribution in [0.4, 0.5) is 5.69 Å². The third-order valence-electron chi connectivity index (χ3n) is 2.55.